The summed E-state index contributed by atoms with van der Waals surface area (Å²) in [6, 6.07) is 12.3. The molecule has 1 aromatic heterocycles. The molecule has 2 heterocycles. The van der Waals surface area contributed by atoms with E-state index in [1.165, 1.54) is 16.7 Å². The molecule has 4 heteroatoms. The van der Waals surface area contributed by atoms with E-state index in [0.29, 0.717) is 13.2 Å². The molecular formula is C19H18N2O2. The number of nitrogens with zero attached hydrogens (tertiary/aromatic N) is 2. The first-order valence-corrected chi connectivity index (χ1v) is 7.74. The Kier molecular flexibility index (Phi) is 3.30. The Hall–Kier alpha value is -2.75. The average Bonchev–Trinajstić information content (AvgIpc) is 3.03. The van der Waals surface area contributed by atoms with Gasteiger partial charge in [-0.25, -0.2) is 4.98 Å². The summed E-state index contributed by atoms with van der Waals surface area (Å²) in [5, 5.41) is 0. The summed E-state index contributed by atoms with van der Waals surface area (Å²) in [7, 11) is 0. The molecule has 0 saturated carbocycles. The molecule has 116 valence electrons. The molecule has 23 heavy (non-hydrogen) atoms. The summed E-state index contributed by atoms with van der Waals surface area (Å²) >= 11 is 0. The molecule has 0 radical (unpaired) electrons. The summed E-state index contributed by atoms with van der Waals surface area (Å²) in [6.45, 7) is 5.42. The highest BCUT2D eigenvalue weighted by Gasteiger charge is 2.16. The second-order valence-corrected chi connectivity index (χ2v) is 5.72. The highest BCUT2D eigenvalue weighted by molar-refractivity contribution is 5.67. The van der Waals surface area contributed by atoms with Gasteiger partial charge in [-0.05, 0) is 37.1 Å². The maximum absolute atomic E-state index is 5.70. The van der Waals surface area contributed by atoms with Gasteiger partial charge in [0.25, 0.3) is 0 Å². The second kappa shape index (κ2) is 5.47. The smallest absolute Gasteiger partial charge is 0.163 e. The minimum absolute atomic E-state index is 0.587. The lowest BCUT2D eigenvalue weighted by molar-refractivity contribution is 0.171. The van der Waals surface area contributed by atoms with Crippen LogP contribution < -0.4 is 9.47 Å². The van der Waals surface area contributed by atoms with E-state index in [2.05, 4.69) is 41.6 Å². The zero-order valence-corrected chi connectivity index (χ0v) is 13.2. The number of hydrogen-bond donors (Lipinski definition) is 0. The van der Waals surface area contributed by atoms with Crippen LogP contribution in [0.15, 0.2) is 48.8 Å². The Bertz CT molecular complexity index is 847. The van der Waals surface area contributed by atoms with Crippen molar-refractivity contribution in [1.82, 2.24) is 9.55 Å². The average molecular weight is 306 g/mol. The third-order valence-electron chi connectivity index (χ3n) is 4.15. The molecule has 0 atom stereocenters. The van der Waals surface area contributed by atoms with Crippen LogP contribution in [0.2, 0.25) is 0 Å². The van der Waals surface area contributed by atoms with Crippen LogP contribution in [0.25, 0.3) is 17.1 Å². The van der Waals surface area contributed by atoms with Gasteiger partial charge in [0.05, 0.1) is 5.69 Å². The summed E-state index contributed by atoms with van der Waals surface area (Å²) in [6.07, 6.45) is 3.81. The lowest BCUT2D eigenvalue weighted by Gasteiger charge is -2.19. The second-order valence-electron chi connectivity index (χ2n) is 5.72. The van der Waals surface area contributed by atoms with Gasteiger partial charge in [-0.15, -0.1) is 0 Å². The van der Waals surface area contributed by atoms with Crippen molar-refractivity contribution >= 4 is 0 Å². The number of rotatable bonds is 2. The Labute approximate surface area is 135 Å². The third kappa shape index (κ3) is 2.36. The highest BCUT2D eigenvalue weighted by Crippen LogP contribution is 2.34. The third-order valence-corrected chi connectivity index (χ3v) is 4.15. The van der Waals surface area contributed by atoms with Crippen molar-refractivity contribution in [3.05, 3.63) is 59.9 Å². The molecule has 0 amide bonds. The Balaban J connectivity index is 1.84. The maximum atomic E-state index is 5.70. The summed E-state index contributed by atoms with van der Waals surface area (Å²) < 4.78 is 13.4. The van der Waals surface area contributed by atoms with Crippen molar-refractivity contribution in [3.63, 3.8) is 0 Å². The van der Waals surface area contributed by atoms with E-state index in [0.717, 1.165) is 23.0 Å². The van der Waals surface area contributed by atoms with Crippen LogP contribution in [0.5, 0.6) is 11.5 Å². The number of ether oxygens (including phenoxy) is 2. The number of aromatic nitrogens is 2. The van der Waals surface area contributed by atoms with Crippen molar-refractivity contribution < 1.29 is 9.47 Å². The molecular weight excluding hydrogens is 288 g/mol. The minimum atomic E-state index is 0.587. The van der Waals surface area contributed by atoms with Crippen molar-refractivity contribution in [1.29, 1.82) is 0 Å². The highest BCUT2D eigenvalue weighted by atomic mass is 16.6. The number of benzene rings is 2. The molecule has 0 bridgehead atoms. The van der Waals surface area contributed by atoms with E-state index >= 15 is 0 Å². The summed E-state index contributed by atoms with van der Waals surface area (Å²) in [5.74, 6) is 2.53. The van der Waals surface area contributed by atoms with Crippen LogP contribution >= 0.6 is 0 Å². The molecule has 0 spiro atoms. The fourth-order valence-electron chi connectivity index (χ4n) is 3.05. The molecule has 2 aromatic carbocycles. The monoisotopic (exact) mass is 306 g/mol. The van der Waals surface area contributed by atoms with Gasteiger partial charge in [0.2, 0.25) is 0 Å². The first-order chi connectivity index (χ1) is 11.2. The van der Waals surface area contributed by atoms with Crippen LogP contribution in [-0.4, -0.2) is 22.8 Å². The van der Waals surface area contributed by atoms with Crippen LogP contribution in [0.3, 0.4) is 0 Å². The number of fused-ring (bicyclic) bond motifs is 1. The Morgan fingerprint density at radius 3 is 2.48 bits per heavy atom. The molecule has 4 rings (SSSR count). The largest absolute Gasteiger partial charge is 0.486 e. The first-order valence-electron chi connectivity index (χ1n) is 7.74. The molecule has 0 saturated heterocycles. The van der Waals surface area contributed by atoms with Gasteiger partial charge in [0, 0.05) is 24.0 Å². The van der Waals surface area contributed by atoms with E-state index < -0.39 is 0 Å². The number of aryl methyl sites for hydroxylation is 2. The van der Waals surface area contributed by atoms with Crippen molar-refractivity contribution in [3.8, 4) is 28.6 Å². The summed E-state index contributed by atoms with van der Waals surface area (Å²) in [5.41, 5.74) is 4.63. The topological polar surface area (TPSA) is 36.3 Å². The number of hydrogen-bond acceptors (Lipinski definition) is 3. The van der Waals surface area contributed by atoms with Crippen LogP contribution in [-0.2, 0) is 0 Å². The van der Waals surface area contributed by atoms with Gasteiger partial charge in [-0.3, -0.25) is 4.57 Å². The van der Waals surface area contributed by atoms with Gasteiger partial charge < -0.3 is 9.47 Å². The summed E-state index contributed by atoms with van der Waals surface area (Å²) in [4.78, 5) is 4.59. The maximum Gasteiger partial charge on any atom is 0.163 e. The fourth-order valence-corrected chi connectivity index (χ4v) is 3.05. The zero-order valence-electron chi connectivity index (χ0n) is 13.2. The van der Waals surface area contributed by atoms with Crippen molar-refractivity contribution in [2.75, 3.05) is 13.2 Å². The van der Waals surface area contributed by atoms with Crippen LogP contribution in [0.4, 0.5) is 0 Å². The lowest BCUT2D eigenvalue weighted by Crippen LogP contribution is -2.15. The molecule has 0 unspecified atom stereocenters. The fraction of sp³-hybridized carbons (Fsp3) is 0.211. The van der Waals surface area contributed by atoms with Crippen molar-refractivity contribution in [2.45, 2.75) is 13.8 Å². The van der Waals surface area contributed by atoms with E-state index in [-0.39, 0.29) is 0 Å². The molecule has 1 aliphatic heterocycles. The molecule has 0 fully saturated rings. The zero-order chi connectivity index (χ0) is 15.8. The predicted octanol–water partition coefficient (Wildman–Crippen LogP) is 3.93. The molecule has 3 aromatic rings. The van der Waals surface area contributed by atoms with E-state index in [4.69, 9.17) is 9.47 Å². The van der Waals surface area contributed by atoms with Crippen LogP contribution in [0, 0.1) is 13.8 Å². The SMILES string of the molecule is Cc1cccc(C)c1-c1nccn1-c1ccc2c(c1)OCCO2. The Morgan fingerprint density at radius 1 is 0.957 bits per heavy atom. The standard InChI is InChI=1S/C19H18N2O2/c1-13-4-3-5-14(2)18(13)19-20-8-9-21(19)15-6-7-16-17(12-15)23-11-10-22-16/h3-9,12H,10-11H2,1-2H3. The minimum Gasteiger partial charge on any atom is -0.486 e. The molecule has 0 N–H and O–H groups in total. The Morgan fingerprint density at radius 2 is 1.70 bits per heavy atom. The van der Waals surface area contributed by atoms with E-state index in [1.807, 2.05) is 30.6 Å². The van der Waals surface area contributed by atoms with Crippen LogP contribution in [0.1, 0.15) is 11.1 Å². The van der Waals surface area contributed by atoms with E-state index in [9.17, 15) is 0 Å². The van der Waals surface area contributed by atoms with Gasteiger partial charge in [0.1, 0.15) is 19.0 Å². The molecule has 0 aliphatic carbocycles. The van der Waals surface area contributed by atoms with Crippen molar-refractivity contribution in [2.24, 2.45) is 0 Å². The van der Waals surface area contributed by atoms with E-state index in [1.54, 1.807) is 0 Å². The van der Waals surface area contributed by atoms with Gasteiger partial charge in [-0.2, -0.15) is 0 Å². The molecule has 4 nitrogen and oxygen atoms in total. The van der Waals surface area contributed by atoms with Gasteiger partial charge in [-0.1, -0.05) is 18.2 Å². The van der Waals surface area contributed by atoms with Gasteiger partial charge >= 0.3 is 0 Å². The first kappa shape index (κ1) is 13.9. The predicted molar refractivity (Wildman–Crippen MR) is 89.5 cm³/mol. The lowest BCUT2D eigenvalue weighted by atomic mass is 10.0. The number of imidazole rings is 1. The molecule has 1 aliphatic rings. The normalized spacial score (nSPS) is 13.1. The quantitative estimate of drug-likeness (QED) is 0.720. The van der Waals surface area contributed by atoms with Gasteiger partial charge in [0.15, 0.2) is 11.5 Å².